The fourth-order valence-electron chi connectivity index (χ4n) is 1.81. The van der Waals surface area contributed by atoms with Crippen molar-refractivity contribution in [3.63, 3.8) is 0 Å². The number of thiazole rings is 1. The van der Waals surface area contributed by atoms with Crippen molar-refractivity contribution < 1.29 is 9.72 Å². The Morgan fingerprint density at radius 2 is 2.04 bits per heavy atom. The van der Waals surface area contributed by atoms with Crippen molar-refractivity contribution in [1.82, 2.24) is 4.98 Å². The third kappa shape index (κ3) is 3.39. The number of anilines is 1. The number of hydrogen-bond acceptors (Lipinski definition) is 6. The van der Waals surface area contributed by atoms with Crippen LogP contribution in [0.2, 0.25) is 5.02 Å². The summed E-state index contributed by atoms with van der Waals surface area (Å²) in [5, 5.41) is 17.3. The van der Waals surface area contributed by atoms with Gasteiger partial charge in [-0.3, -0.25) is 20.2 Å². The number of aromatic nitrogens is 1. The van der Waals surface area contributed by atoms with Crippen LogP contribution in [0.25, 0.3) is 10.6 Å². The summed E-state index contributed by atoms with van der Waals surface area (Å²) in [6.07, 6.45) is 0. The van der Waals surface area contributed by atoms with Gasteiger partial charge in [-0.1, -0.05) is 23.7 Å². The summed E-state index contributed by atoms with van der Waals surface area (Å²) in [5.41, 5.74) is 0.972. The normalized spacial score (nSPS) is 10.5. The van der Waals surface area contributed by atoms with Gasteiger partial charge in [0.25, 0.3) is 11.6 Å². The maximum absolute atomic E-state index is 12.2. The van der Waals surface area contributed by atoms with Crippen LogP contribution in [0, 0.1) is 10.1 Å². The Balaban J connectivity index is 1.78. The highest BCUT2D eigenvalue weighted by atomic mass is 35.5. The van der Waals surface area contributed by atoms with Crippen LogP contribution < -0.4 is 5.32 Å². The summed E-state index contributed by atoms with van der Waals surface area (Å²) in [5.74, 6) is -0.353. The van der Waals surface area contributed by atoms with Gasteiger partial charge in [0.1, 0.15) is 0 Å². The molecule has 2 heterocycles. The van der Waals surface area contributed by atoms with Crippen LogP contribution in [0.5, 0.6) is 0 Å². The average molecular weight is 366 g/mol. The Kier molecular flexibility index (Phi) is 4.37. The number of thiophene rings is 1. The first-order valence-electron chi connectivity index (χ1n) is 6.29. The highest BCUT2D eigenvalue weighted by Gasteiger charge is 2.15. The Labute approximate surface area is 143 Å². The van der Waals surface area contributed by atoms with Gasteiger partial charge in [-0.05, 0) is 12.1 Å². The van der Waals surface area contributed by atoms with Crippen LogP contribution in [0.4, 0.5) is 10.8 Å². The fourth-order valence-corrected chi connectivity index (χ4v) is 3.63. The molecule has 0 unspecified atom stereocenters. The third-order valence-corrected chi connectivity index (χ3v) is 4.92. The van der Waals surface area contributed by atoms with Gasteiger partial charge in [-0.15, -0.1) is 22.7 Å². The van der Waals surface area contributed by atoms with E-state index in [2.05, 4.69) is 10.3 Å². The number of amides is 1. The molecule has 1 N–H and O–H groups in total. The van der Waals surface area contributed by atoms with Gasteiger partial charge in [-0.25, -0.2) is 4.98 Å². The molecule has 1 amide bonds. The standard InChI is InChI=1S/C14H8ClN3O3S2/c15-10-4-2-1-3-9(10)13(19)17-14-16-11(7-23-14)12-5-8(6-22-12)18(20)21/h1-7H,(H,16,17,19). The van der Waals surface area contributed by atoms with Crippen molar-refractivity contribution in [3.05, 3.63) is 61.8 Å². The van der Waals surface area contributed by atoms with E-state index in [4.69, 9.17) is 11.6 Å². The molecule has 6 nitrogen and oxygen atoms in total. The lowest BCUT2D eigenvalue weighted by Crippen LogP contribution is -2.12. The summed E-state index contributed by atoms with van der Waals surface area (Å²) in [6.45, 7) is 0. The molecule has 9 heteroatoms. The molecule has 0 fully saturated rings. The lowest BCUT2D eigenvalue weighted by molar-refractivity contribution is -0.384. The van der Waals surface area contributed by atoms with E-state index >= 15 is 0 Å². The maximum Gasteiger partial charge on any atom is 0.280 e. The molecule has 0 saturated heterocycles. The highest BCUT2D eigenvalue weighted by Crippen LogP contribution is 2.33. The van der Waals surface area contributed by atoms with Crippen LogP contribution >= 0.6 is 34.3 Å². The van der Waals surface area contributed by atoms with Crippen molar-refractivity contribution >= 4 is 51.0 Å². The number of nitrogens with zero attached hydrogens (tertiary/aromatic N) is 2. The molecule has 3 rings (SSSR count). The van der Waals surface area contributed by atoms with E-state index in [1.165, 1.54) is 34.1 Å². The number of carbonyl (C=O) groups is 1. The molecule has 23 heavy (non-hydrogen) atoms. The molecule has 3 aromatic rings. The van der Waals surface area contributed by atoms with Crippen molar-refractivity contribution in [2.75, 3.05) is 5.32 Å². The minimum absolute atomic E-state index is 0.0275. The SMILES string of the molecule is O=C(Nc1nc(-c2cc([N+](=O)[O-])cs2)cs1)c1ccccc1Cl. The second-order valence-electron chi connectivity index (χ2n) is 4.40. The minimum Gasteiger partial charge on any atom is -0.298 e. The van der Waals surface area contributed by atoms with E-state index in [9.17, 15) is 14.9 Å². The first-order chi connectivity index (χ1) is 11.0. The van der Waals surface area contributed by atoms with Gasteiger partial charge in [-0.2, -0.15) is 0 Å². The zero-order valence-electron chi connectivity index (χ0n) is 11.4. The minimum atomic E-state index is -0.452. The smallest absolute Gasteiger partial charge is 0.280 e. The zero-order chi connectivity index (χ0) is 16.4. The Bertz CT molecular complexity index is 891. The summed E-state index contributed by atoms with van der Waals surface area (Å²) in [4.78, 5) is 27.4. The molecule has 1 aromatic carbocycles. The molecule has 0 saturated carbocycles. The number of hydrogen-bond donors (Lipinski definition) is 1. The summed E-state index contributed by atoms with van der Waals surface area (Å²) in [7, 11) is 0. The molecular weight excluding hydrogens is 358 g/mol. The molecule has 0 radical (unpaired) electrons. The van der Waals surface area contributed by atoms with Crippen LogP contribution in [0.1, 0.15) is 10.4 Å². The largest absolute Gasteiger partial charge is 0.298 e. The quantitative estimate of drug-likeness (QED) is 0.537. The molecule has 0 aliphatic carbocycles. The molecular formula is C14H8ClN3O3S2. The third-order valence-electron chi connectivity index (χ3n) is 2.89. The number of carbonyl (C=O) groups excluding carboxylic acids is 1. The van der Waals surface area contributed by atoms with Gasteiger partial charge in [0.15, 0.2) is 5.13 Å². The molecule has 0 atom stereocenters. The number of halogens is 1. The Morgan fingerprint density at radius 1 is 1.26 bits per heavy atom. The zero-order valence-corrected chi connectivity index (χ0v) is 13.7. The summed E-state index contributed by atoms with van der Waals surface area (Å²) >= 11 is 8.45. The first kappa shape index (κ1) is 15.6. The number of nitrogens with one attached hydrogen (secondary N) is 1. The monoisotopic (exact) mass is 365 g/mol. The summed E-state index contributed by atoms with van der Waals surface area (Å²) < 4.78 is 0. The molecule has 0 spiro atoms. The topological polar surface area (TPSA) is 85.1 Å². The second kappa shape index (κ2) is 6.45. The van der Waals surface area contributed by atoms with E-state index in [1.54, 1.807) is 29.6 Å². The lowest BCUT2D eigenvalue weighted by atomic mass is 10.2. The van der Waals surface area contributed by atoms with Crippen molar-refractivity contribution in [2.45, 2.75) is 0 Å². The van der Waals surface area contributed by atoms with Gasteiger partial charge in [0, 0.05) is 11.4 Å². The number of rotatable bonds is 4. The van der Waals surface area contributed by atoms with Crippen LogP contribution in [-0.2, 0) is 0 Å². The van der Waals surface area contributed by atoms with E-state index < -0.39 is 4.92 Å². The van der Waals surface area contributed by atoms with E-state index in [-0.39, 0.29) is 11.6 Å². The van der Waals surface area contributed by atoms with E-state index in [1.807, 2.05) is 0 Å². The predicted molar refractivity (Wildman–Crippen MR) is 91.5 cm³/mol. The molecule has 0 aliphatic heterocycles. The molecule has 0 aliphatic rings. The van der Waals surface area contributed by atoms with Crippen LogP contribution in [0.3, 0.4) is 0 Å². The molecule has 0 bridgehead atoms. The second-order valence-corrected chi connectivity index (χ2v) is 6.57. The highest BCUT2D eigenvalue weighted by molar-refractivity contribution is 7.16. The average Bonchev–Trinajstić information content (AvgIpc) is 3.16. The van der Waals surface area contributed by atoms with Gasteiger partial charge >= 0.3 is 0 Å². The fraction of sp³-hybridized carbons (Fsp3) is 0. The van der Waals surface area contributed by atoms with Crippen LogP contribution in [-0.4, -0.2) is 15.8 Å². The maximum atomic E-state index is 12.2. The van der Waals surface area contributed by atoms with E-state index in [0.717, 1.165) is 0 Å². The van der Waals surface area contributed by atoms with Crippen LogP contribution in [0.15, 0.2) is 41.1 Å². The predicted octanol–water partition coefficient (Wildman–Crippen LogP) is 4.69. The first-order valence-corrected chi connectivity index (χ1v) is 8.43. The summed E-state index contributed by atoms with van der Waals surface area (Å²) in [6, 6.07) is 8.17. The molecule has 2 aromatic heterocycles. The number of benzene rings is 1. The van der Waals surface area contributed by atoms with Crippen molar-refractivity contribution in [3.8, 4) is 10.6 Å². The van der Waals surface area contributed by atoms with Crippen molar-refractivity contribution in [1.29, 1.82) is 0 Å². The van der Waals surface area contributed by atoms with Gasteiger partial charge in [0.2, 0.25) is 0 Å². The lowest BCUT2D eigenvalue weighted by Gasteiger charge is -2.03. The Morgan fingerprint density at radius 3 is 2.74 bits per heavy atom. The van der Waals surface area contributed by atoms with Gasteiger partial charge < -0.3 is 0 Å². The Hall–Kier alpha value is -2.29. The molecule has 116 valence electrons. The number of nitro groups is 1. The van der Waals surface area contributed by atoms with Crippen molar-refractivity contribution in [2.24, 2.45) is 0 Å². The van der Waals surface area contributed by atoms with E-state index in [0.29, 0.717) is 26.3 Å². The van der Waals surface area contributed by atoms with Gasteiger partial charge in [0.05, 0.1) is 31.5 Å².